The summed E-state index contributed by atoms with van der Waals surface area (Å²) in [5.41, 5.74) is 0. The summed E-state index contributed by atoms with van der Waals surface area (Å²) in [6, 6.07) is 8.35. The summed E-state index contributed by atoms with van der Waals surface area (Å²) in [5.74, 6) is 0. The van der Waals surface area contributed by atoms with Crippen molar-refractivity contribution in [1.82, 2.24) is 0 Å². The molecule has 0 atom stereocenters. The van der Waals surface area contributed by atoms with Gasteiger partial charge in [-0.05, 0) is 18.6 Å². The van der Waals surface area contributed by atoms with Crippen LogP contribution < -0.4 is 0 Å². The molecule has 0 spiro atoms. The van der Waals surface area contributed by atoms with E-state index in [1.165, 1.54) is 70.6 Å². The Balaban J connectivity index is 0.00000625. The van der Waals surface area contributed by atoms with Crippen molar-refractivity contribution in [3.05, 3.63) is 30.3 Å². The molecule has 5 heteroatoms. The van der Waals surface area contributed by atoms with E-state index in [0.29, 0.717) is 0 Å². The molecule has 0 fully saturated rings. The van der Waals surface area contributed by atoms with Crippen LogP contribution in [0.15, 0.2) is 35.2 Å². The molecule has 26 heavy (non-hydrogen) atoms. The van der Waals surface area contributed by atoms with Crippen molar-refractivity contribution < 1.29 is 12.6 Å². The third kappa shape index (κ3) is 14.2. The van der Waals surface area contributed by atoms with Crippen LogP contribution in [0, 0.1) is 0 Å². The van der Waals surface area contributed by atoms with Gasteiger partial charge in [0.2, 0.25) is 0 Å². The van der Waals surface area contributed by atoms with Gasteiger partial charge < -0.3 is 0 Å². The van der Waals surface area contributed by atoms with Gasteiger partial charge in [0.25, 0.3) is 10.1 Å². The Morgan fingerprint density at radius 2 is 1.12 bits per heavy atom. The molecular weight excluding hydrogens is 465 g/mol. The van der Waals surface area contributed by atoms with Crippen molar-refractivity contribution in [2.75, 3.05) is 6.61 Å². The second-order valence-electron chi connectivity index (χ2n) is 6.83. The molecule has 0 saturated heterocycles. The van der Waals surface area contributed by atoms with Gasteiger partial charge in [-0.1, -0.05) is 102 Å². The van der Waals surface area contributed by atoms with Crippen LogP contribution >= 0.6 is 0 Å². The SMILES string of the molecule is CCCCCCCCCCCCCCCOS(=O)(=O)c1ccccc1.[Cs]. The zero-order valence-electron chi connectivity index (χ0n) is 16.9. The van der Waals surface area contributed by atoms with Crippen LogP contribution in [0.1, 0.15) is 90.4 Å². The molecular formula is C21H36CsO3S. The van der Waals surface area contributed by atoms with Crippen LogP contribution in [0.2, 0.25) is 0 Å². The van der Waals surface area contributed by atoms with Crippen molar-refractivity contribution in [3.8, 4) is 0 Å². The summed E-state index contributed by atoms with van der Waals surface area (Å²) < 4.78 is 28.9. The predicted molar refractivity (Wildman–Crippen MR) is 111 cm³/mol. The molecule has 1 radical (unpaired) electrons. The van der Waals surface area contributed by atoms with E-state index in [4.69, 9.17) is 4.18 Å². The maximum atomic E-state index is 11.9. The Kier molecular flexibility index (Phi) is 19.1. The van der Waals surface area contributed by atoms with Crippen LogP contribution in [0.5, 0.6) is 0 Å². The van der Waals surface area contributed by atoms with Crippen LogP contribution in [0.4, 0.5) is 0 Å². The maximum Gasteiger partial charge on any atom is 0.296 e. The Morgan fingerprint density at radius 3 is 1.58 bits per heavy atom. The van der Waals surface area contributed by atoms with E-state index < -0.39 is 10.1 Å². The number of rotatable bonds is 16. The topological polar surface area (TPSA) is 43.4 Å². The maximum absolute atomic E-state index is 11.9. The van der Waals surface area contributed by atoms with Gasteiger partial charge in [-0.2, -0.15) is 8.42 Å². The standard InChI is InChI=1S/C21H36O3S.Cs/c1-2-3-4-5-6-7-8-9-10-11-12-13-17-20-24-25(22,23)21-18-15-14-16-19-21;/h14-16,18-19H,2-13,17,20H2,1H3;. The Labute approximate surface area is 220 Å². The Hall–Kier alpha value is 1.18. The fourth-order valence-corrected chi connectivity index (χ4v) is 3.91. The Morgan fingerprint density at radius 1 is 0.692 bits per heavy atom. The number of benzene rings is 1. The number of hydrogen-bond acceptors (Lipinski definition) is 3. The van der Waals surface area contributed by atoms with Crippen molar-refractivity contribution in [2.45, 2.75) is 95.3 Å². The number of unbranched alkanes of at least 4 members (excludes halogenated alkanes) is 12. The van der Waals surface area contributed by atoms with Crippen LogP contribution in [-0.2, 0) is 14.3 Å². The van der Waals surface area contributed by atoms with Gasteiger partial charge in [-0.25, -0.2) is 0 Å². The second-order valence-corrected chi connectivity index (χ2v) is 8.45. The first-order valence-corrected chi connectivity index (χ1v) is 11.5. The van der Waals surface area contributed by atoms with E-state index >= 15 is 0 Å². The summed E-state index contributed by atoms with van der Waals surface area (Å²) >= 11 is 0. The smallest absolute Gasteiger partial charge is 0.266 e. The summed E-state index contributed by atoms with van der Waals surface area (Å²) in [7, 11) is -3.58. The van der Waals surface area contributed by atoms with Crippen molar-refractivity contribution in [3.63, 3.8) is 0 Å². The molecule has 1 aromatic carbocycles. The molecule has 0 aromatic heterocycles. The summed E-state index contributed by atoms with van der Waals surface area (Å²) in [5, 5.41) is 0. The monoisotopic (exact) mass is 501 g/mol. The average molecular weight is 501 g/mol. The molecule has 3 nitrogen and oxygen atoms in total. The van der Waals surface area contributed by atoms with Gasteiger partial charge in [0.05, 0.1) is 11.5 Å². The van der Waals surface area contributed by atoms with Gasteiger partial charge >= 0.3 is 0 Å². The van der Waals surface area contributed by atoms with Gasteiger partial charge in [0, 0.05) is 68.9 Å². The molecule has 0 aliphatic carbocycles. The molecule has 0 bridgehead atoms. The minimum absolute atomic E-state index is 0. The second kappa shape index (κ2) is 18.2. The summed E-state index contributed by atoms with van der Waals surface area (Å²) in [4.78, 5) is 0.240. The zero-order chi connectivity index (χ0) is 18.2. The molecule has 145 valence electrons. The van der Waals surface area contributed by atoms with E-state index in [1.54, 1.807) is 30.3 Å². The van der Waals surface area contributed by atoms with Crippen LogP contribution in [0.3, 0.4) is 0 Å². The summed E-state index contributed by atoms with van der Waals surface area (Å²) in [6.45, 7) is 2.54. The van der Waals surface area contributed by atoms with Crippen LogP contribution in [-0.4, -0.2) is 83.9 Å². The van der Waals surface area contributed by atoms with Crippen molar-refractivity contribution in [1.29, 1.82) is 0 Å². The first kappa shape index (κ1) is 27.2. The fourth-order valence-electron chi connectivity index (χ4n) is 2.94. The molecule has 0 aliphatic rings. The molecule has 0 saturated carbocycles. The molecule has 0 aliphatic heterocycles. The third-order valence-corrected chi connectivity index (χ3v) is 5.84. The van der Waals surface area contributed by atoms with E-state index in [0.717, 1.165) is 12.8 Å². The normalized spacial score (nSPS) is 11.3. The van der Waals surface area contributed by atoms with E-state index in [1.807, 2.05) is 0 Å². The van der Waals surface area contributed by atoms with Crippen molar-refractivity contribution in [2.24, 2.45) is 0 Å². The third-order valence-electron chi connectivity index (χ3n) is 4.52. The predicted octanol–water partition coefficient (Wildman–Crippen LogP) is 6.10. The molecule has 0 amide bonds. The largest absolute Gasteiger partial charge is 0.296 e. The van der Waals surface area contributed by atoms with Crippen LogP contribution in [0.25, 0.3) is 0 Å². The molecule has 1 rings (SSSR count). The molecule has 0 heterocycles. The summed E-state index contributed by atoms with van der Waals surface area (Å²) in [6.07, 6.45) is 16.6. The van der Waals surface area contributed by atoms with Gasteiger partial charge in [-0.3, -0.25) is 4.18 Å². The fraction of sp³-hybridized carbons (Fsp3) is 0.714. The quantitative estimate of drug-likeness (QED) is 0.203. The molecule has 0 unspecified atom stereocenters. The molecule has 0 N–H and O–H groups in total. The minimum atomic E-state index is -3.58. The van der Waals surface area contributed by atoms with Gasteiger partial charge in [0.1, 0.15) is 0 Å². The van der Waals surface area contributed by atoms with E-state index in [-0.39, 0.29) is 80.4 Å². The minimum Gasteiger partial charge on any atom is -0.266 e. The Bertz CT molecular complexity index is 517. The first-order chi connectivity index (χ1) is 12.2. The number of hydrogen-bond donors (Lipinski definition) is 0. The first-order valence-electron chi connectivity index (χ1n) is 10.1. The molecule has 1 aromatic rings. The zero-order valence-corrected chi connectivity index (χ0v) is 24.0. The van der Waals surface area contributed by atoms with Gasteiger partial charge in [-0.15, -0.1) is 0 Å². The van der Waals surface area contributed by atoms with Crippen molar-refractivity contribution >= 4 is 79.0 Å². The van der Waals surface area contributed by atoms with E-state index in [9.17, 15) is 8.42 Å². The average Bonchev–Trinajstić information content (AvgIpc) is 2.63. The van der Waals surface area contributed by atoms with E-state index in [2.05, 4.69) is 6.92 Å². The van der Waals surface area contributed by atoms with Gasteiger partial charge in [0.15, 0.2) is 0 Å².